The number of allylic oxidation sites excluding steroid dienone is 4. The van der Waals surface area contributed by atoms with Gasteiger partial charge in [-0.1, -0.05) is 140 Å². The number of fused-ring (bicyclic) bond motifs is 8. The normalized spacial score (nSPS) is 19.4. The second-order valence-electron chi connectivity index (χ2n) is 13.4. The minimum absolute atomic E-state index is 0.00797. The van der Waals surface area contributed by atoms with Gasteiger partial charge < -0.3 is 4.74 Å². The maximum absolute atomic E-state index is 7.10. The highest BCUT2D eigenvalue weighted by Crippen LogP contribution is 2.62. The molecule has 0 N–H and O–H groups in total. The summed E-state index contributed by atoms with van der Waals surface area (Å²) in [6.45, 7) is 0. The van der Waals surface area contributed by atoms with Crippen molar-refractivity contribution in [1.29, 1.82) is 0 Å². The summed E-state index contributed by atoms with van der Waals surface area (Å²) in [5, 5.41) is 0. The van der Waals surface area contributed by atoms with Crippen molar-refractivity contribution >= 4 is 11.5 Å². The number of ether oxygens (including phenoxy) is 1. The third kappa shape index (κ3) is 4.28. The van der Waals surface area contributed by atoms with Gasteiger partial charge in [-0.3, -0.25) is 9.98 Å². The summed E-state index contributed by atoms with van der Waals surface area (Å²) in [4.78, 5) is 15.0. The second kappa shape index (κ2) is 11.5. The summed E-state index contributed by atoms with van der Waals surface area (Å²) >= 11 is 0. The van der Waals surface area contributed by atoms with Gasteiger partial charge in [-0.05, 0) is 58.0 Å². The van der Waals surface area contributed by atoms with E-state index >= 15 is 0 Å². The Bertz CT molecular complexity index is 2380. The number of hydrogen-bond donors (Lipinski definition) is 0. The molecule has 2 aliphatic heterocycles. The molecular weight excluding hydrogens is 611 g/mol. The van der Waals surface area contributed by atoms with Crippen molar-refractivity contribution in [1.82, 2.24) is 4.98 Å². The zero-order valence-corrected chi connectivity index (χ0v) is 27.4. The van der Waals surface area contributed by atoms with Crippen molar-refractivity contribution in [2.45, 2.75) is 30.2 Å². The number of pyridine rings is 1. The maximum atomic E-state index is 7.10. The Kier molecular flexibility index (Phi) is 6.63. The van der Waals surface area contributed by atoms with E-state index in [1.165, 1.54) is 44.5 Å². The molecule has 10 rings (SSSR count). The second-order valence-corrected chi connectivity index (χ2v) is 13.4. The predicted octanol–water partition coefficient (Wildman–Crippen LogP) is 10.2. The largest absolute Gasteiger partial charge is 0.460 e. The monoisotopic (exact) mass is 643 g/mol. The number of rotatable bonds is 4. The summed E-state index contributed by atoms with van der Waals surface area (Å²) in [7, 11) is 0. The van der Waals surface area contributed by atoms with Gasteiger partial charge in [-0.25, -0.2) is 4.99 Å². The highest BCUT2D eigenvalue weighted by Gasteiger charge is 2.53. The van der Waals surface area contributed by atoms with Gasteiger partial charge in [-0.15, -0.1) is 0 Å². The molecule has 0 radical (unpaired) electrons. The Morgan fingerprint density at radius 1 is 0.620 bits per heavy atom. The SMILES string of the molecule is C1=CC2=C(Oc3ccccc3C23c2ccccc2-c2ccccc23)C(c2ccccc2C2=NC(c3ccccn3)=NC(c3ccccc3)C2)C1. The van der Waals surface area contributed by atoms with Crippen molar-refractivity contribution < 1.29 is 4.74 Å². The van der Waals surface area contributed by atoms with Gasteiger partial charge in [0.15, 0.2) is 5.84 Å². The zero-order chi connectivity index (χ0) is 33.1. The number of para-hydroxylation sites is 1. The number of nitrogens with zero attached hydrogens (tertiary/aromatic N) is 3. The van der Waals surface area contributed by atoms with Crippen LogP contribution in [0.5, 0.6) is 5.75 Å². The fraction of sp³-hybridized carbons (Fsp3) is 0.109. The Balaban J connectivity index is 1.17. The Morgan fingerprint density at radius 2 is 1.28 bits per heavy atom. The highest BCUT2D eigenvalue weighted by molar-refractivity contribution is 6.14. The van der Waals surface area contributed by atoms with Crippen LogP contribution in [-0.2, 0) is 5.41 Å². The van der Waals surface area contributed by atoms with Crippen molar-refractivity contribution in [2.75, 3.05) is 0 Å². The molecule has 0 fully saturated rings. The van der Waals surface area contributed by atoms with Gasteiger partial charge in [0.05, 0.1) is 17.2 Å². The molecule has 50 heavy (non-hydrogen) atoms. The predicted molar refractivity (Wildman–Crippen MR) is 200 cm³/mol. The molecule has 2 unspecified atom stereocenters. The fourth-order valence-electron chi connectivity index (χ4n) is 8.65. The van der Waals surface area contributed by atoms with Gasteiger partial charge in [-0.2, -0.15) is 0 Å². The van der Waals surface area contributed by atoms with Crippen LogP contribution in [0.4, 0.5) is 0 Å². The van der Waals surface area contributed by atoms with Crippen LogP contribution in [0, 0.1) is 0 Å². The van der Waals surface area contributed by atoms with Crippen molar-refractivity contribution in [3.63, 3.8) is 0 Å². The molecule has 1 aromatic heterocycles. The van der Waals surface area contributed by atoms with Gasteiger partial charge in [0, 0.05) is 35.2 Å². The Morgan fingerprint density at radius 3 is 2.04 bits per heavy atom. The average molecular weight is 644 g/mol. The van der Waals surface area contributed by atoms with E-state index in [4.69, 9.17) is 14.7 Å². The Hall–Kier alpha value is -6.13. The summed E-state index contributed by atoms with van der Waals surface area (Å²) < 4.78 is 7.10. The van der Waals surface area contributed by atoms with Crippen LogP contribution >= 0.6 is 0 Å². The van der Waals surface area contributed by atoms with Crippen LogP contribution in [0.15, 0.2) is 185 Å². The first kappa shape index (κ1) is 28.8. The average Bonchev–Trinajstić information content (AvgIpc) is 3.49. The molecule has 4 heteroatoms. The number of hydrogen-bond acceptors (Lipinski definition) is 4. The summed E-state index contributed by atoms with van der Waals surface area (Å²) in [5.41, 5.74) is 12.4. The number of aliphatic imine (C=N–C) groups is 2. The lowest BCUT2D eigenvalue weighted by molar-refractivity contribution is 0.345. The minimum atomic E-state index is -0.485. The summed E-state index contributed by atoms with van der Waals surface area (Å²) in [6, 6.07) is 51.6. The molecule has 2 aliphatic carbocycles. The van der Waals surface area contributed by atoms with Crippen molar-refractivity contribution in [2.24, 2.45) is 9.98 Å². The molecule has 4 aliphatic rings. The van der Waals surface area contributed by atoms with E-state index in [0.717, 1.165) is 34.9 Å². The van der Waals surface area contributed by atoms with Gasteiger partial charge >= 0.3 is 0 Å². The van der Waals surface area contributed by atoms with E-state index in [-0.39, 0.29) is 12.0 Å². The lowest BCUT2D eigenvalue weighted by atomic mass is 9.63. The van der Waals surface area contributed by atoms with Crippen molar-refractivity contribution in [3.8, 4) is 16.9 Å². The van der Waals surface area contributed by atoms with E-state index in [0.29, 0.717) is 12.3 Å². The molecular formula is C46H33N3O. The molecule has 0 saturated carbocycles. The molecule has 1 spiro atoms. The van der Waals surface area contributed by atoms with E-state index in [2.05, 4.69) is 145 Å². The number of aromatic nitrogens is 1. The molecule has 238 valence electrons. The lowest BCUT2D eigenvalue weighted by Gasteiger charge is -2.43. The summed E-state index contributed by atoms with van der Waals surface area (Å²) in [5.74, 6) is 2.59. The van der Waals surface area contributed by atoms with Crippen LogP contribution in [0.25, 0.3) is 11.1 Å². The first-order valence-corrected chi connectivity index (χ1v) is 17.4. The molecule has 6 aromatic rings. The van der Waals surface area contributed by atoms with Gasteiger partial charge in [0.1, 0.15) is 17.2 Å². The topological polar surface area (TPSA) is 46.8 Å². The molecule has 5 aromatic carbocycles. The molecule has 0 amide bonds. The van der Waals surface area contributed by atoms with Crippen LogP contribution in [0.1, 0.15) is 63.9 Å². The first-order valence-electron chi connectivity index (χ1n) is 17.4. The van der Waals surface area contributed by atoms with Crippen LogP contribution < -0.4 is 4.74 Å². The number of amidine groups is 1. The van der Waals surface area contributed by atoms with Gasteiger partial charge in [0.2, 0.25) is 0 Å². The van der Waals surface area contributed by atoms with Crippen molar-refractivity contribution in [3.05, 3.63) is 214 Å². The quantitative estimate of drug-likeness (QED) is 0.192. The van der Waals surface area contributed by atoms with Gasteiger partial charge in [0.25, 0.3) is 0 Å². The summed E-state index contributed by atoms with van der Waals surface area (Å²) in [6.07, 6.45) is 8.01. The minimum Gasteiger partial charge on any atom is -0.460 e. The van der Waals surface area contributed by atoms with E-state index in [9.17, 15) is 0 Å². The Labute approximate surface area is 291 Å². The van der Waals surface area contributed by atoms with Crippen LogP contribution in [-0.4, -0.2) is 16.5 Å². The van der Waals surface area contributed by atoms with Crippen LogP contribution in [0.3, 0.4) is 0 Å². The van der Waals surface area contributed by atoms with E-state index < -0.39 is 5.41 Å². The third-order valence-corrected chi connectivity index (χ3v) is 10.7. The fourth-order valence-corrected chi connectivity index (χ4v) is 8.65. The molecule has 2 atom stereocenters. The molecule has 4 nitrogen and oxygen atoms in total. The first-order chi connectivity index (χ1) is 24.8. The molecule has 3 heterocycles. The lowest BCUT2D eigenvalue weighted by Crippen LogP contribution is -2.36. The smallest absolute Gasteiger partial charge is 0.174 e. The van der Waals surface area contributed by atoms with E-state index in [1.54, 1.807) is 0 Å². The third-order valence-electron chi connectivity index (χ3n) is 10.7. The standard InChI is InChI=1S/C46H33N3O/c1-2-15-30(16-3-1)41-29-42(49-45(48-41)40-26-12-13-28-47-40)34-20-5-4-17-31(34)35-21-14-25-39-44(35)50-43-27-11-10-24-38(43)46(39)36-22-8-6-18-32(36)33-19-7-9-23-37(33)46/h1-20,22-28,35,41H,21,29H2. The molecule has 0 saturated heterocycles. The molecule has 0 bridgehead atoms. The zero-order valence-electron chi connectivity index (χ0n) is 27.4. The number of benzene rings is 5. The van der Waals surface area contributed by atoms with Crippen LogP contribution in [0.2, 0.25) is 0 Å². The highest BCUT2D eigenvalue weighted by atomic mass is 16.5. The maximum Gasteiger partial charge on any atom is 0.174 e. The van der Waals surface area contributed by atoms with E-state index in [1.807, 2.05) is 24.4 Å².